The van der Waals surface area contributed by atoms with Crippen LogP contribution in [-0.4, -0.2) is 67.9 Å². The van der Waals surface area contributed by atoms with Crippen molar-refractivity contribution < 1.29 is 31.4 Å². The molecule has 0 spiro atoms. The van der Waals surface area contributed by atoms with Gasteiger partial charge in [0.15, 0.2) is 15.7 Å². The first kappa shape index (κ1) is 29.5. The average molecular weight is 599 g/mol. The molecule has 0 saturated carbocycles. The molecule has 41 heavy (non-hydrogen) atoms. The molecule has 4 rings (SSSR count). The molecule has 0 radical (unpaired) electrons. The molecular weight excluding hydrogens is 572 g/mol. The zero-order valence-corrected chi connectivity index (χ0v) is 24.1. The van der Waals surface area contributed by atoms with E-state index in [1.54, 1.807) is 30.5 Å². The average Bonchev–Trinajstić information content (AvgIpc) is 3.33. The van der Waals surface area contributed by atoms with E-state index in [1.807, 2.05) is 13.0 Å². The van der Waals surface area contributed by atoms with Gasteiger partial charge in [0, 0.05) is 29.8 Å². The summed E-state index contributed by atoms with van der Waals surface area (Å²) in [6.07, 6.45) is 2.32. The third-order valence-corrected chi connectivity index (χ3v) is 8.35. The van der Waals surface area contributed by atoms with E-state index in [1.165, 1.54) is 37.1 Å². The Hall–Kier alpha value is -4.52. The smallest absolute Gasteiger partial charge is 0.243 e. The number of nitrogens with zero attached hydrogens (tertiary/aromatic N) is 5. The summed E-state index contributed by atoms with van der Waals surface area (Å²) in [6, 6.07) is 12.2. The van der Waals surface area contributed by atoms with Crippen molar-refractivity contribution in [1.82, 2.24) is 19.7 Å². The van der Waals surface area contributed by atoms with Gasteiger partial charge in [-0.2, -0.15) is 5.26 Å². The molecule has 0 amide bonds. The third-order valence-electron chi connectivity index (χ3n) is 5.95. The predicted octanol–water partition coefficient (Wildman–Crippen LogP) is 2.41. The van der Waals surface area contributed by atoms with Crippen molar-refractivity contribution in [2.45, 2.75) is 17.9 Å². The summed E-state index contributed by atoms with van der Waals surface area (Å²) in [4.78, 5) is 3.84. The molecule has 0 bridgehead atoms. The number of aromatic nitrogens is 4. The maximum atomic E-state index is 13.3. The van der Waals surface area contributed by atoms with Gasteiger partial charge in [0.25, 0.3) is 0 Å². The Kier molecular flexibility index (Phi) is 8.29. The molecule has 2 heterocycles. The van der Waals surface area contributed by atoms with Gasteiger partial charge in [-0.3, -0.25) is 14.3 Å². The minimum atomic E-state index is -4.39. The molecule has 0 aliphatic heterocycles. The number of sulfonamides is 1. The molecule has 0 aliphatic carbocycles. The van der Waals surface area contributed by atoms with Crippen LogP contribution in [-0.2, 0) is 19.9 Å². The summed E-state index contributed by atoms with van der Waals surface area (Å²) in [6.45, 7) is 1.83. The van der Waals surface area contributed by atoms with Crippen molar-refractivity contribution in [1.29, 1.82) is 5.26 Å². The number of benzene rings is 2. The minimum Gasteiger partial charge on any atom is -0.494 e. The highest BCUT2D eigenvalue weighted by Gasteiger charge is 2.29. The van der Waals surface area contributed by atoms with Crippen LogP contribution in [0.2, 0.25) is 0 Å². The van der Waals surface area contributed by atoms with Crippen LogP contribution in [0.3, 0.4) is 0 Å². The number of nitriles is 1. The van der Waals surface area contributed by atoms with Crippen molar-refractivity contribution in [3.05, 3.63) is 71.5 Å². The second kappa shape index (κ2) is 11.5. The monoisotopic (exact) mass is 598 g/mol. The van der Waals surface area contributed by atoms with Gasteiger partial charge in [-0.05, 0) is 42.8 Å². The van der Waals surface area contributed by atoms with Crippen LogP contribution in [0.4, 0.5) is 5.95 Å². The zero-order chi connectivity index (χ0) is 29.9. The van der Waals surface area contributed by atoms with E-state index in [9.17, 15) is 21.9 Å². The minimum absolute atomic E-state index is 0.0411. The van der Waals surface area contributed by atoms with Crippen molar-refractivity contribution in [2.24, 2.45) is 0 Å². The Morgan fingerprint density at radius 1 is 1.05 bits per heavy atom. The lowest BCUT2D eigenvalue weighted by Gasteiger charge is -2.19. The molecule has 13 nitrogen and oxygen atoms in total. The van der Waals surface area contributed by atoms with Gasteiger partial charge in [0.2, 0.25) is 16.0 Å². The van der Waals surface area contributed by atoms with E-state index in [0.717, 1.165) is 17.9 Å². The first-order valence-electron chi connectivity index (χ1n) is 11.9. The fraction of sp³-hybridized carbons (Fsp3) is 0.231. The molecule has 2 aromatic heterocycles. The van der Waals surface area contributed by atoms with Crippen LogP contribution in [0, 0.1) is 18.3 Å². The van der Waals surface area contributed by atoms with Crippen LogP contribution >= 0.6 is 0 Å². The fourth-order valence-electron chi connectivity index (χ4n) is 4.16. The van der Waals surface area contributed by atoms with Crippen LogP contribution < -0.4 is 14.2 Å². The Morgan fingerprint density at radius 3 is 2.32 bits per heavy atom. The Morgan fingerprint density at radius 2 is 1.73 bits per heavy atom. The molecule has 0 aliphatic rings. The Labute approximate surface area is 237 Å². The summed E-state index contributed by atoms with van der Waals surface area (Å²) in [7, 11) is -5.41. The molecule has 15 heteroatoms. The first-order valence-corrected chi connectivity index (χ1v) is 15.4. The summed E-state index contributed by atoms with van der Waals surface area (Å²) in [5.74, 6) is -0.323. The van der Waals surface area contributed by atoms with Gasteiger partial charge in [-0.15, -0.1) is 10.2 Å². The largest absolute Gasteiger partial charge is 0.494 e. The van der Waals surface area contributed by atoms with Gasteiger partial charge < -0.3 is 14.6 Å². The molecule has 4 aromatic rings. The molecule has 2 N–H and O–H groups in total. The summed E-state index contributed by atoms with van der Waals surface area (Å²) >= 11 is 0. The summed E-state index contributed by atoms with van der Waals surface area (Å²) < 4.78 is 66.1. The number of nitrogens with one attached hydrogen (secondary N) is 1. The first-order chi connectivity index (χ1) is 19.4. The molecule has 0 fully saturated rings. The molecule has 0 unspecified atom stereocenters. The van der Waals surface area contributed by atoms with Gasteiger partial charge in [0.1, 0.15) is 17.2 Å². The highest BCUT2D eigenvalue weighted by Crippen LogP contribution is 2.38. The second-order valence-electron chi connectivity index (χ2n) is 8.98. The number of anilines is 1. The summed E-state index contributed by atoms with van der Waals surface area (Å²) in [5, 5.41) is 28.3. The summed E-state index contributed by atoms with van der Waals surface area (Å²) in [5.41, 5.74) is 1.50. The van der Waals surface area contributed by atoms with Gasteiger partial charge in [-0.1, -0.05) is 12.1 Å². The number of methoxy groups -OCH3 is 2. The number of aliphatic hydroxyl groups excluding tert-OH is 1. The quantitative estimate of drug-likeness (QED) is 0.273. The van der Waals surface area contributed by atoms with Gasteiger partial charge in [0.05, 0.1) is 42.6 Å². The highest BCUT2D eigenvalue weighted by atomic mass is 32.2. The number of hydrogen-bond donors (Lipinski definition) is 2. The number of aliphatic hydroxyl groups is 1. The van der Waals surface area contributed by atoms with Crippen LogP contribution in [0.5, 0.6) is 11.5 Å². The lowest BCUT2D eigenvalue weighted by molar-refractivity contribution is 0.198. The van der Waals surface area contributed by atoms with Crippen molar-refractivity contribution in [3.63, 3.8) is 0 Å². The molecule has 2 aromatic carbocycles. The second-order valence-corrected chi connectivity index (χ2v) is 12.7. The number of sulfone groups is 1. The Balaban J connectivity index is 1.81. The van der Waals surface area contributed by atoms with Crippen LogP contribution in [0.25, 0.3) is 17.1 Å². The fourth-order valence-corrected chi connectivity index (χ4v) is 6.22. The topological polar surface area (TPSA) is 186 Å². The molecule has 1 atom stereocenters. The van der Waals surface area contributed by atoms with Gasteiger partial charge >= 0.3 is 0 Å². The number of pyridine rings is 1. The van der Waals surface area contributed by atoms with E-state index < -0.39 is 31.7 Å². The maximum absolute atomic E-state index is 13.3. The molecule has 214 valence electrons. The van der Waals surface area contributed by atoms with Crippen molar-refractivity contribution in [2.75, 3.05) is 31.0 Å². The van der Waals surface area contributed by atoms with E-state index in [2.05, 4.69) is 19.9 Å². The van der Waals surface area contributed by atoms with E-state index in [0.29, 0.717) is 22.7 Å². The van der Waals surface area contributed by atoms with Gasteiger partial charge in [-0.25, -0.2) is 16.8 Å². The van der Waals surface area contributed by atoms with Crippen molar-refractivity contribution in [3.8, 4) is 34.6 Å². The number of hydrogen-bond acceptors (Lipinski definition) is 11. The number of rotatable bonds is 10. The highest BCUT2D eigenvalue weighted by molar-refractivity contribution is 7.92. The van der Waals surface area contributed by atoms with E-state index in [4.69, 9.17) is 14.7 Å². The SMILES string of the molecule is COc1cccc(OC)c1-n1c(NS(=O)(=O)C[C@H](O)c2ccc(C#N)cc2S(C)(=O)=O)nnc1-c1cncc(C)c1. The Bertz CT molecular complexity index is 1840. The predicted molar refractivity (Wildman–Crippen MR) is 149 cm³/mol. The lowest BCUT2D eigenvalue weighted by atomic mass is 10.1. The number of ether oxygens (including phenoxy) is 2. The van der Waals surface area contributed by atoms with Crippen LogP contribution in [0.15, 0.2) is 59.8 Å². The standard InChI is InChI=1S/C26H26N6O7S2/c1-16-10-18(14-28-13-16)25-29-30-26(32(25)24-21(38-2)6-5-7-22(24)39-3)31-41(36,37)15-20(33)19-9-8-17(12-27)11-23(19)40(4,34)35/h5-11,13-14,20,33H,15H2,1-4H3,(H,30,31)/t20-/m0/s1. The normalized spacial score (nSPS) is 12.4. The lowest BCUT2D eigenvalue weighted by Crippen LogP contribution is -2.24. The van der Waals surface area contributed by atoms with Crippen LogP contribution in [0.1, 0.15) is 22.8 Å². The van der Waals surface area contributed by atoms with Crippen molar-refractivity contribution >= 4 is 25.8 Å². The molecular formula is C26H26N6O7S2. The van der Waals surface area contributed by atoms with E-state index >= 15 is 0 Å². The third kappa shape index (κ3) is 6.30. The molecule has 0 saturated heterocycles. The zero-order valence-electron chi connectivity index (χ0n) is 22.4. The number of para-hydroxylation sites is 1. The van der Waals surface area contributed by atoms with E-state index in [-0.39, 0.29) is 27.8 Å². The maximum Gasteiger partial charge on any atom is 0.243 e. The number of aryl methyl sites for hydroxylation is 1.